The molecule has 0 heterocycles. The number of hydrogen-bond acceptors (Lipinski definition) is 2. The molecule has 50 valence electrons. The van der Waals surface area contributed by atoms with Crippen molar-refractivity contribution in [2.75, 3.05) is 6.54 Å². The summed E-state index contributed by atoms with van der Waals surface area (Å²) in [4.78, 5) is 13.2. The Morgan fingerprint density at radius 1 is 1.89 bits per heavy atom. The minimum atomic E-state index is -0.764. The molecule has 0 radical (unpaired) electrons. The van der Waals surface area contributed by atoms with E-state index in [0.29, 0.717) is 0 Å². The van der Waals surface area contributed by atoms with Crippen LogP contribution in [0.3, 0.4) is 0 Å². The van der Waals surface area contributed by atoms with Gasteiger partial charge in [-0.15, -0.1) is 0 Å². The second-order valence-corrected chi connectivity index (χ2v) is 1.90. The first-order valence-corrected chi connectivity index (χ1v) is 2.67. The van der Waals surface area contributed by atoms with Crippen molar-refractivity contribution in [1.29, 1.82) is 0 Å². The van der Waals surface area contributed by atoms with Gasteiger partial charge in [0.1, 0.15) is 11.9 Å². The van der Waals surface area contributed by atoms with Crippen LogP contribution in [0.5, 0.6) is 0 Å². The van der Waals surface area contributed by atoms with Gasteiger partial charge in [0.15, 0.2) is 0 Å². The highest BCUT2D eigenvalue weighted by atomic mass is 16.3. The first-order valence-electron chi connectivity index (χ1n) is 2.67. The molecule has 0 fully saturated rings. The fourth-order valence-electron chi connectivity index (χ4n) is 0.502. The average Bonchev–Trinajstić information content (AvgIpc) is 1.63. The lowest BCUT2D eigenvalue weighted by molar-refractivity contribution is -0.118. The zero-order valence-corrected chi connectivity index (χ0v) is 5.29. The molecule has 3 heteroatoms. The van der Waals surface area contributed by atoms with E-state index >= 15 is 0 Å². The highest BCUT2D eigenvalue weighted by Gasteiger charge is 2.08. The van der Waals surface area contributed by atoms with Gasteiger partial charge in [-0.1, -0.05) is 0 Å². The zero-order valence-electron chi connectivity index (χ0n) is 5.29. The lowest BCUT2D eigenvalue weighted by Gasteiger charge is -1.97. The van der Waals surface area contributed by atoms with Crippen LogP contribution >= 0.6 is 0 Å². The van der Waals surface area contributed by atoms with Crippen LogP contribution in [-0.2, 0) is 4.79 Å². The minimum Gasteiger partial charge on any atom is -0.385 e. The van der Waals surface area contributed by atoms with E-state index in [4.69, 9.17) is 11.7 Å². The topological polar surface area (TPSA) is 41.7 Å². The maximum atomic E-state index is 10.3. The van der Waals surface area contributed by atoms with Crippen LogP contribution in [0.2, 0.25) is 0 Å². The van der Waals surface area contributed by atoms with Crippen molar-refractivity contribution in [1.82, 2.24) is 0 Å². The van der Waals surface area contributed by atoms with E-state index in [1.807, 2.05) is 0 Å². The van der Waals surface area contributed by atoms with Crippen molar-refractivity contribution in [2.45, 2.75) is 19.4 Å². The SMILES string of the molecule is [C-]#[N+]C[C@@H](O)CC(C)=O. The second kappa shape index (κ2) is 4.04. The molecule has 0 amide bonds. The predicted molar refractivity (Wildman–Crippen MR) is 32.8 cm³/mol. The summed E-state index contributed by atoms with van der Waals surface area (Å²) in [6.45, 7) is 7.75. The predicted octanol–water partition coefficient (Wildman–Crippen LogP) is 0.246. The molecular weight excluding hydrogens is 118 g/mol. The van der Waals surface area contributed by atoms with Gasteiger partial charge in [-0.05, 0) is 6.92 Å². The van der Waals surface area contributed by atoms with Crippen LogP contribution in [-0.4, -0.2) is 23.5 Å². The van der Waals surface area contributed by atoms with Crippen LogP contribution in [0.4, 0.5) is 0 Å². The van der Waals surface area contributed by atoms with Crippen LogP contribution in [0.1, 0.15) is 13.3 Å². The van der Waals surface area contributed by atoms with Gasteiger partial charge in [-0.25, -0.2) is 6.57 Å². The Bertz CT molecular complexity index is 136. The molecule has 0 aromatic carbocycles. The van der Waals surface area contributed by atoms with Crippen LogP contribution in [0.15, 0.2) is 0 Å². The molecule has 0 spiro atoms. The number of hydrogen-bond donors (Lipinski definition) is 1. The summed E-state index contributed by atoms with van der Waals surface area (Å²) in [6, 6.07) is 0. The Balaban J connectivity index is 3.40. The summed E-state index contributed by atoms with van der Waals surface area (Å²) in [5.41, 5.74) is 0. The van der Waals surface area contributed by atoms with Gasteiger partial charge in [0.05, 0.1) is 0 Å². The fourth-order valence-corrected chi connectivity index (χ4v) is 0.502. The Kier molecular flexibility index (Phi) is 3.65. The molecule has 3 nitrogen and oxygen atoms in total. The van der Waals surface area contributed by atoms with Crippen molar-refractivity contribution in [2.24, 2.45) is 0 Å². The maximum absolute atomic E-state index is 10.3. The number of nitrogens with zero attached hydrogens (tertiary/aromatic N) is 1. The Labute approximate surface area is 54.1 Å². The van der Waals surface area contributed by atoms with E-state index in [1.54, 1.807) is 0 Å². The molecule has 0 saturated heterocycles. The third-order valence-corrected chi connectivity index (χ3v) is 0.825. The van der Waals surface area contributed by atoms with Crippen molar-refractivity contribution in [3.63, 3.8) is 0 Å². The number of aliphatic hydroxyl groups is 1. The van der Waals surface area contributed by atoms with Crippen LogP contribution in [0, 0.1) is 6.57 Å². The molecular formula is C6H9NO2. The lowest BCUT2D eigenvalue weighted by atomic mass is 10.2. The number of ketones is 1. The highest BCUT2D eigenvalue weighted by Crippen LogP contribution is 1.92. The second-order valence-electron chi connectivity index (χ2n) is 1.90. The minimum absolute atomic E-state index is 0.0274. The molecule has 0 aromatic heterocycles. The van der Waals surface area contributed by atoms with Crippen molar-refractivity contribution in [3.8, 4) is 0 Å². The molecule has 1 N–H and O–H groups in total. The molecule has 0 saturated carbocycles. The summed E-state index contributed by atoms with van der Waals surface area (Å²) in [6.07, 6.45) is -0.664. The fraction of sp³-hybridized carbons (Fsp3) is 0.667. The van der Waals surface area contributed by atoms with Gasteiger partial charge in [0, 0.05) is 6.42 Å². The van der Waals surface area contributed by atoms with Gasteiger partial charge >= 0.3 is 0 Å². The quantitative estimate of drug-likeness (QED) is 0.552. The first kappa shape index (κ1) is 8.12. The van der Waals surface area contributed by atoms with E-state index in [2.05, 4.69) is 4.85 Å². The third-order valence-electron chi connectivity index (χ3n) is 0.825. The molecule has 0 aliphatic heterocycles. The maximum Gasteiger partial charge on any atom is 0.240 e. The lowest BCUT2D eigenvalue weighted by Crippen LogP contribution is -2.13. The molecule has 0 aromatic rings. The van der Waals surface area contributed by atoms with Crippen molar-refractivity contribution < 1.29 is 9.90 Å². The van der Waals surface area contributed by atoms with Gasteiger partial charge < -0.3 is 9.95 Å². The Morgan fingerprint density at radius 2 is 2.44 bits per heavy atom. The monoisotopic (exact) mass is 127 g/mol. The average molecular weight is 127 g/mol. The number of aliphatic hydroxyl groups excluding tert-OH is 1. The van der Waals surface area contributed by atoms with Gasteiger partial charge in [0.25, 0.3) is 0 Å². The number of carbonyl (C=O) groups excluding carboxylic acids is 1. The Morgan fingerprint density at radius 3 is 2.78 bits per heavy atom. The molecule has 0 bridgehead atoms. The van der Waals surface area contributed by atoms with E-state index < -0.39 is 6.10 Å². The standard InChI is InChI=1S/C6H9NO2/c1-5(8)3-6(9)4-7-2/h6,9H,3-4H2,1H3/t6-/m0/s1. The largest absolute Gasteiger partial charge is 0.385 e. The normalized spacial score (nSPS) is 12.1. The summed E-state index contributed by atoms with van der Waals surface area (Å²) in [5, 5.41) is 8.78. The molecule has 0 aliphatic carbocycles. The number of carbonyl (C=O) groups is 1. The summed E-state index contributed by atoms with van der Waals surface area (Å²) < 4.78 is 0. The van der Waals surface area contributed by atoms with E-state index in [9.17, 15) is 4.79 Å². The smallest absolute Gasteiger partial charge is 0.240 e. The summed E-state index contributed by atoms with van der Waals surface area (Å²) >= 11 is 0. The van der Waals surface area contributed by atoms with Gasteiger partial charge in [-0.2, -0.15) is 0 Å². The van der Waals surface area contributed by atoms with Gasteiger partial charge in [0.2, 0.25) is 6.54 Å². The molecule has 1 atom stereocenters. The van der Waals surface area contributed by atoms with E-state index in [-0.39, 0.29) is 18.7 Å². The molecule has 0 unspecified atom stereocenters. The number of rotatable bonds is 3. The highest BCUT2D eigenvalue weighted by molar-refractivity contribution is 5.75. The molecule has 9 heavy (non-hydrogen) atoms. The molecule has 0 rings (SSSR count). The zero-order chi connectivity index (χ0) is 7.28. The molecule has 0 aliphatic rings. The first-order chi connectivity index (χ1) is 4.16. The van der Waals surface area contributed by atoms with Crippen LogP contribution in [0.25, 0.3) is 4.85 Å². The van der Waals surface area contributed by atoms with Crippen molar-refractivity contribution in [3.05, 3.63) is 11.4 Å². The van der Waals surface area contributed by atoms with E-state index in [1.165, 1.54) is 6.92 Å². The third kappa shape index (κ3) is 4.98. The van der Waals surface area contributed by atoms with Gasteiger partial charge in [-0.3, -0.25) is 4.79 Å². The van der Waals surface area contributed by atoms with E-state index in [0.717, 1.165) is 0 Å². The summed E-state index contributed by atoms with van der Waals surface area (Å²) in [7, 11) is 0. The van der Waals surface area contributed by atoms with Crippen LogP contribution < -0.4 is 0 Å². The summed E-state index contributed by atoms with van der Waals surface area (Å²) in [5.74, 6) is -0.0776. The number of Topliss-reactive ketones (excluding diaryl/α,β-unsaturated/α-hetero) is 1. The Hall–Kier alpha value is -0.880. The van der Waals surface area contributed by atoms with Crippen molar-refractivity contribution >= 4 is 5.78 Å².